The number of benzene rings is 1. The van der Waals surface area contributed by atoms with Crippen molar-refractivity contribution < 1.29 is 41.8 Å². The summed E-state index contributed by atoms with van der Waals surface area (Å²) in [4.78, 5) is 34.6. The quantitative estimate of drug-likeness (QED) is 0.558. The predicted octanol–water partition coefficient (Wildman–Crippen LogP) is 0.590. The van der Waals surface area contributed by atoms with E-state index in [0.29, 0.717) is 6.07 Å². The SMILES string of the molecule is O=C(COC(=O)C1=COCCO1)NCC(=O)Nc1ccc(F)c(F)c1F. The first-order valence-electron chi connectivity index (χ1n) is 7.20. The molecule has 11 heteroatoms. The van der Waals surface area contributed by atoms with Crippen LogP contribution in [0.15, 0.2) is 24.2 Å². The summed E-state index contributed by atoms with van der Waals surface area (Å²) in [6.45, 7) is -0.873. The summed E-state index contributed by atoms with van der Waals surface area (Å²) >= 11 is 0. The first-order valence-corrected chi connectivity index (χ1v) is 7.20. The topological polar surface area (TPSA) is 103 Å². The number of ether oxygens (including phenoxy) is 3. The molecule has 1 aliphatic rings. The average Bonchev–Trinajstić information content (AvgIpc) is 2.65. The van der Waals surface area contributed by atoms with Crippen molar-refractivity contribution in [2.45, 2.75) is 0 Å². The highest BCUT2D eigenvalue weighted by Gasteiger charge is 2.19. The van der Waals surface area contributed by atoms with Crippen LogP contribution in [0.3, 0.4) is 0 Å². The van der Waals surface area contributed by atoms with Crippen LogP contribution in [0.5, 0.6) is 0 Å². The summed E-state index contributed by atoms with van der Waals surface area (Å²) in [6, 6.07) is 1.47. The lowest BCUT2D eigenvalue weighted by Gasteiger charge is -2.14. The second-order valence-electron chi connectivity index (χ2n) is 4.83. The van der Waals surface area contributed by atoms with E-state index in [4.69, 9.17) is 9.47 Å². The molecule has 1 aliphatic heterocycles. The smallest absolute Gasteiger partial charge is 0.377 e. The molecule has 0 fully saturated rings. The lowest BCUT2D eigenvalue weighted by molar-refractivity contribution is -0.149. The Bertz CT molecular complexity index is 753. The zero-order chi connectivity index (χ0) is 19.1. The average molecular weight is 374 g/mol. The standard InChI is InChI=1S/C15H13F3N2O6/c16-8-1-2-9(14(18)13(8)17)20-11(21)5-19-12(22)7-26-15(23)10-6-24-3-4-25-10/h1-2,6H,3-5,7H2,(H,19,22)(H,20,21). The van der Waals surface area contributed by atoms with Crippen LogP contribution in [-0.4, -0.2) is 44.1 Å². The van der Waals surface area contributed by atoms with E-state index < -0.39 is 54.1 Å². The molecule has 0 spiro atoms. The molecule has 2 N–H and O–H groups in total. The van der Waals surface area contributed by atoms with Crippen molar-refractivity contribution in [3.8, 4) is 0 Å². The first kappa shape index (κ1) is 19.1. The van der Waals surface area contributed by atoms with Crippen molar-refractivity contribution in [3.63, 3.8) is 0 Å². The second-order valence-corrected chi connectivity index (χ2v) is 4.83. The number of rotatable bonds is 6. The normalized spacial score (nSPS) is 13.0. The molecule has 2 amide bonds. The van der Waals surface area contributed by atoms with E-state index in [1.54, 1.807) is 0 Å². The maximum atomic E-state index is 13.4. The van der Waals surface area contributed by atoms with E-state index in [1.807, 2.05) is 5.32 Å². The van der Waals surface area contributed by atoms with E-state index in [0.717, 1.165) is 12.3 Å². The summed E-state index contributed by atoms with van der Waals surface area (Å²) in [7, 11) is 0. The summed E-state index contributed by atoms with van der Waals surface area (Å²) in [5.41, 5.74) is -0.587. The highest BCUT2D eigenvalue weighted by molar-refractivity contribution is 5.95. The van der Waals surface area contributed by atoms with E-state index in [1.165, 1.54) is 0 Å². The molecule has 26 heavy (non-hydrogen) atoms. The second kappa shape index (κ2) is 8.74. The van der Waals surface area contributed by atoms with Crippen molar-refractivity contribution in [1.82, 2.24) is 5.32 Å². The molecule has 0 aromatic heterocycles. The van der Waals surface area contributed by atoms with Gasteiger partial charge in [0, 0.05) is 0 Å². The van der Waals surface area contributed by atoms with Gasteiger partial charge in [0.25, 0.3) is 5.91 Å². The van der Waals surface area contributed by atoms with Gasteiger partial charge in [-0.15, -0.1) is 0 Å². The zero-order valence-corrected chi connectivity index (χ0v) is 13.1. The molecular formula is C15H13F3N2O6. The van der Waals surface area contributed by atoms with E-state index in [9.17, 15) is 27.6 Å². The van der Waals surface area contributed by atoms with Crippen LogP contribution in [0.4, 0.5) is 18.9 Å². The molecule has 0 saturated heterocycles. The predicted molar refractivity (Wildman–Crippen MR) is 78.9 cm³/mol. The fourth-order valence-electron chi connectivity index (χ4n) is 1.72. The molecule has 140 valence electrons. The van der Waals surface area contributed by atoms with Gasteiger partial charge in [0.1, 0.15) is 19.5 Å². The van der Waals surface area contributed by atoms with E-state index >= 15 is 0 Å². The van der Waals surface area contributed by atoms with Gasteiger partial charge in [0.05, 0.1) is 12.2 Å². The molecule has 8 nitrogen and oxygen atoms in total. The number of nitrogens with one attached hydrogen (secondary N) is 2. The van der Waals surface area contributed by atoms with E-state index in [2.05, 4.69) is 10.1 Å². The van der Waals surface area contributed by atoms with Gasteiger partial charge in [0.2, 0.25) is 11.7 Å². The number of esters is 1. The van der Waals surface area contributed by atoms with Crippen LogP contribution in [0, 0.1) is 17.5 Å². The van der Waals surface area contributed by atoms with Gasteiger partial charge in [-0.25, -0.2) is 18.0 Å². The van der Waals surface area contributed by atoms with Crippen molar-refractivity contribution in [1.29, 1.82) is 0 Å². The van der Waals surface area contributed by atoms with Gasteiger partial charge in [-0.2, -0.15) is 0 Å². The monoisotopic (exact) mass is 374 g/mol. The maximum Gasteiger partial charge on any atom is 0.377 e. The van der Waals surface area contributed by atoms with Crippen molar-refractivity contribution in [3.05, 3.63) is 41.6 Å². The Morgan fingerprint density at radius 3 is 2.54 bits per heavy atom. The Hall–Kier alpha value is -3.24. The lowest BCUT2D eigenvalue weighted by Crippen LogP contribution is -2.36. The number of carbonyl (C=O) groups excluding carboxylic acids is 3. The number of hydrogen-bond donors (Lipinski definition) is 2. The fraction of sp³-hybridized carbons (Fsp3) is 0.267. The van der Waals surface area contributed by atoms with Gasteiger partial charge in [-0.1, -0.05) is 0 Å². The molecule has 1 heterocycles. The maximum absolute atomic E-state index is 13.4. The molecule has 0 saturated carbocycles. The van der Waals surface area contributed by atoms with Gasteiger partial charge in [-0.05, 0) is 12.1 Å². The van der Waals surface area contributed by atoms with Crippen molar-refractivity contribution in [2.75, 3.05) is 31.7 Å². The fourth-order valence-corrected chi connectivity index (χ4v) is 1.72. The van der Waals surface area contributed by atoms with Crippen LogP contribution in [0.25, 0.3) is 0 Å². The summed E-state index contributed by atoms with van der Waals surface area (Å²) in [5, 5.41) is 4.06. The number of hydrogen-bond acceptors (Lipinski definition) is 6. The third-order valence-corrected chi connectivity index (χ3v) is 2.94. The first-order chi connectivity index (χ1) is 12.4. The minimum absolute atomic E-state index is 0.161. The van der Waals surface area contributed by atoms with Gasteiger partial charge >= 0.3 is 5.97 Å². The van der Waals surface area contributed by atoms with Gasteiger partial charge in [0.15, 0.2) is 24.1 Å². The number of amides is 2. The summed E-state index contributed by atoms with van der Waals surface area (Å²) in [5.74, 6) is -7.55. The summed E-state index contributed by atoms with van der Waals surface area (Å²) < 4.78 is 53.7. The van der Waals surface area contributed by atoms with Crippen LogP contribution in [0.2, 0.25) is 0 Å². The third-order valence-electron chi connectivity index (χ3n) is 2.94. The van der Waals surface area contributed by atoms with E-state index in [-0.39, 0.29) is 19.0 Å². The molecule has 1 aromatic rings. The van der Waals surface area contributed by atoms with Crippen LogP contribution >= 0.6 is 0 Å². The molecule has 0 radical (unpaired) electrons. The number of anilines is 1. The van der Waals surface area contributed by atoms with Crippen molar-refractivity contribution in [2.24, 2.45) is 0 Å². The highest BCUT2D eigenvalue weighted by atomic mass is 19.2. The minimum atomic E-state index is -1.73. The van der Waals surface area contributed by atoms with Gasteiger partial charge < -0.3 is 24.8 Å². The largest absolute Gasteiger partial charge is 0.493 e. The Morgan fingerprint density at radius 1 is 1.08 bits per heavy atom. The summed E-state index contributed by atoms with van der Waals surface area (Å²) in [6.07, 6.45) is 1.05. The van der Waals surface area contributed by atoms with Crippen LogP contribution in [0.1, 0.15) is 0 Å². The Balaban J connectivity index is 1.75. The van der Waals surface area contributed by atoms with Gasteiger partial charge in [-0.3, -0.25) is 9.59 Å². The van der Waals surface area contributed by atoms with Crippen LogP contribution in [-0.2, 0) is 28.6 Å². The number of carbonyl (C=O) groups is 3. The number of halogens is 3. The molecule has 0 bridgehead atoms. The Morgan fingerprint density at radius 2 is 1.85 bits per heavy atom. The molecule has 1 aromatic carbocycles. The Kier molecular flexibility index (Phi) is 6.42. The third kappa shape index (κ3) is 5.13. The lowest BCUT2D eigenvalue weighted by atomic mass is 10.2. The molecular weight excluding hydrogens is 361 g/mol. The molecule has 2 rings (SSSR count). The molecule has 0 unspecified atom stereocenters. The van der Waals surface area contributed by atoms with Crippen molar-refractivity contribution >= 4 is 23.5 Å². The van der Waals surface area contributed by atoms with Crippen LogP contribution < -0.4 is 10.6 Å². The zero-order valence-electron chi connectivity index (χ0n) is 13.1. The minimum Gasteiger partial charge on any atom is -0.493 e. The molecule has 0 aliphatic carbocycles. The highest BCUT2D eigenvalue weighted by Crippen LogP contribution is 2.19. The molecule has 0 atom stereocenters. The Labute approximate surface area is 144 Å².